The van der Waals surface area contributed by atoms with Crippen LogP contribution in [0.2, 0.25) is 0 Å². The van der Waals surface area contributed by atoms with Crippen LogP contribution < -0.4 is 0 Å². The fraction of sp³-hybridized carbons (Fsp3) is 0.889. The number of hydrogen-bond acceptors (Lipinski definition) is 2. The highest BCUT2D eigenvalue weighted by Gasteiger charge is 2.30. The predicted molar refractivity (Wildman–Crippen MR) is 48.2 cm³/mol. The van der Waals surface area contributed by atoms with Gasteiger partial charge in [-0.15, -0.1) is 11.6 Å². The number of carbonyl (C=O) groups is 1. The topological polar surface area (TPSA) is 37.3 Å². The molecule has 0 saturated heterocycles. The highest BCUT2D eigenvalue weighted by molar-refractivity contribution is 6.27. The lowest BCUT2D eigenvalue weighted by Crippen LogP contribution is -2.20. The summed E-state index contributed by atoms with van der Waals surface area (Å²) in [5.74, 6) is 0.593. The van der Waals surface area contributed by atoms with Crippen molar-refractivity contribution in [2.45, 2.75) is 32.3 Å². The molecule has 3 heteroatoms. The summed E-state index contributed by atoms with van der Waals surface area (Å²) in [7, 11) is 0. The lowest BCUT2D eigenvalue weighted by atomic mass is 9.89. The van der Waals surface area contributed by atoms with Gasteiger partial charge in [0, 0.05) is 5.92 Å². The van der Waals surface area contributed by atoms with Crippen molar-refractivity contribution in [3.05, 3.63) is 0 Å². The molecule has 0 spiro atoms. The van der Waals surface area contributed by atoms with E-state index in [9.17, 15) is 9.90 Å². The highest BCUT2D eigenvalue weighted by Crippen LogP contribution is 2.32. The van der Waals surface area contributed by atoms with E-state index >= 15 is 0 Å². The van der Waals surface area contributed by atoms with E-state index in [0.717, 1.165) is 19.3 Å². The maximum atomic E-state index is 11.2. The molecule has 70 valence electrons. The Hall–Kier alpha value is -0.0800. The zero-order valence-corrected chi connectivity index (χ0v) is 8.05. The Bertz CT molecular complexity index is 170. The molecule has 1 rings (SSSR count). The molecule has 12 heavy (non-hydrogen) atoms. The molecule has 1 N–H and O–H groups in total. The quantitative estimate of drug-likeness (QED) is 0.687. The standard InChI is InChI=1S/C9H15ClO2/c1-6(9(12)5-10)7-2-3-8(11)4-7/h6-8,11H,2-5H2,1H3/t6?,7-,8?/m0/s1. The molecular weight excluding hydrogens is 176 g/mol. The maximum absolute atomic E-state index is 11.2. The Morgan fingerprint density at radius 3 is 2.75 bits per heavy atom. The van der Waals surface area contributed by atoms with Crippen molar-refractivity contribution in [1.82, 2.24) is 0 Å². The van der Waals surface area contributed by atoms with Crippen LogP contribution in [0.5, 0.6) is 0 Å². The van der Waals surface area contributed by atoms with E-state index in [0.29, 0.717) is 5.92 Å². The van der Waals surface area contributed by atoms with Crippen molar-refractivity contribution in [3.8, 4) is 0 Å². The Labute approximate surface area is 77.9 Å². The molecule has 0 radical (unpaired) electrons. The van der Waals surface area contributed by atoms with Gasteiger partial charge in [-0.05, 0) is 25.2 Å². The monoisotopic (exact) mass is 190 g/mol. The van der Waals surface area contributed by atoms with Crippen LogP contribution in [-0.2, 0) is 4.79 Å². The summed E-state index contributed by atoms with van der Waals surface area (Å²) in [6.07, 6.45) is 2.37. The van der Waals surface area contributed by atoms with Crippen molar-refractivity contribution in [1.29, 1.82) is 0 Å². The third-order valence-corrected chi connectivity index (χ3v) is 3.06. The Morgan fingerprint density at radius 1 is 1.67 bits per heavy atom. The first-order valence-corrected chi connectivity index (χ1v) is 4.95. The molecule has 2 unspecified atom stereocenters. The summed E-state index contributed by atoms with van der Waals surface area (Å²) in [6.45, 7) is 1.91. The van der Waals surface area contributed by atoms with E-state index in [1.54, 1.807) is 0 Å². The summed E-state index contributed by atoms with van der Waals surface area (Å²) >= 11 is 5.45. The van der Waals surface area contributed by atoms with Gasteiger partial charge in [0.2, 0.25) is 0 Å². The molecule has 0 heterocycles. The molecule has 1 fully saturated rings. The Morgan fingerprint density at radius 2 is 2.33 bits per heavy atom. The second kappa shape index (κ2) is 4.24. The van der Waals surface area contributed by atoms with E-state index in [1.165, 1.54) is 0 Å². The summed E-state index contributed by atoms with van der Waals surface area (Å²) in [4.78, 5) is 11.2. The first kappa shape index (κ1) is 10.0. The van der Waals surface area contributed by atoms with Gasteiger partial charge < -0.3 is 5.11 Å². The zero-order chi connectivity index (χ0) is 9.14. The molecule has 0 aromatic heterocycles. The molecule has 0 aromatic carbocycles. The minimum atomic E-state index is -0.194. The molecule has 0 aromatic rings. The number of rotatable bonds is 3. The van der Waals surface area contributed by atoms with Crippen molar-refractivity contribution < 1.29 is 9.90 Å². The number of aliphatic hydroxyl groups is 1. The molecule has 2 nitrogen and oxygen atoms in total. The summed E-state index contributed by atoms with van der Waals surface area (Å²) < 4.78 is 0. The SMILES string of the molecule is CC(C(=O)CCl)[C@H]1CCC(O)C1. The lowest BCUT2D eigenvalue weighted by molar-refractivity contribution is -0.121. The molecule has 3 atom stereocenters. The molecule has 1 saturated carbocycles. The number of aliphatic hydroxyl groups excluding tert-OH is 1. The first-order chi connectivity index (χ1) is 5.65. The van der Waals surface area contributed by atoms with Crippen molar-refractivity contribution in [2.24, 2.45) is 11.8 Å². The molecule has 1 aliphatic carbocycles. The van der Waals surface area contributed by atoms with Gasteiger partial charge in [0.15, 0.2) is 5.78 Å². The van der Waals surface area contributed by atoms with Crippen LogP contribution in [0.1, 0.15) is 26.2 Å². The number of hydrogen-bond donors (Lipinski definition) is 1. The summed E-state index contributed by atoms with van der Waals surface area (Å²) in [6, 6.07) is 0. The molecule has 0 bridgehead atoms. The fourth-order valence-corrected chi connectivity index (χ4v) is 2.07. The van der Waals surface area contributed by atoms with Crippen LogP contribution in [0.4, 0.5) is 0 Å². The Balaban J connectivity index is 2.42. The van der Waals surface area contributed by atoms with E-state index in [1.807, 2.05) is 6.92 Å². The van der Waals surface area contributed by atoms with Gasteiger partial charge in [-0.25, -0.2) is 0 Å². The average Bonchev–Trinajstić information content (AvgIpc) is 2.49. The van der Waals surface area contributed by atoms with Crippen LogP contribution >= 0.6 is 11.6 Å². The minimum Gasteiger partial charge on any atom is -0.393 e. The van der Waals surface area contributed by atoms with Gasteiger partial charge in [0.1, 0.15) is 0 Å². The van der Waals surface area contributed by atoms with E-state index < -0.39 is 0 Å². The van der Waals surface area contributed by atoms with Gasteiger partial charge in [-0.2, -0.15) is 0 Å². The second-order valence-electron chi connectivity index (χ2n) is 3.62. The molecule has 0 amide bonds. The van der Waals surface area contributed by atoms with Crippen LogP contribution in [0.15, 0.2) is 0 Å². The molecular formula is C9H15ClO2. The number of Topliss-reactive ketones (excluding diaryl/α,β-unsaturated/α-hetero) is 1. The molecule has 1 aliphatic rings. The third-order valence-electron chi connectivity index (χ3n) is 2.79. The van der Waals surface area contributed by atoms with Gasteiger partial charge >= 0.3 is 0 Å². The van der Waals surface area contributed by atoms with Crippen LogP contribution in [0.25, 0.3) is 0 Å². The highest BCUT2D eigenvalue weighted by atomic mass is 35.5. The normalized spacial score (nSPS) is 31.9. The number of alkyl halides is 1. The zero-order valence-electron chi connectivity index (χ0n) is 7.29. The average molecular weight is 191 g/mol. The van der Waals surface area contributed by atoms with Gasteiger partial charge in [-0.3, -0.25) is 4.79 Å². The predicted octanol–water partition coefficient (Wildman–Crippen LogP) is 1.59. The van der Waals surface area contributed by atoms with Crippen molar-refractivity contribution in [2.75, 3.05) is 5.88 Å². The van der Waals surface area contributed by atoms with Gasteiger partial charge in [-0.1, -0.05) is 6.92 Å². The smallest absolute Gasteiger partial charge is 0.150 e. The minimum absolute atomic E-state index is 0.0275. The largest absolute Gasteiger partial charge is 0.393 e. The van der Waals surface area contributed by atoms with Gasteiger partial charge in [0.05, 0.1) is 12.0 Å². The van der Waals surface area contributed by atoms with Crippen LogP contribution in [0, 0.1) is 11.8 Å². The van der Waals surface area contributed by atoms with E-state index in [-0.39, 0.29) is 23.7 Å². The van der Waals surface area contributed by atoms with Gasteiger partial charge in [0.25, 0.3) is 0 Å². The van der Waals surface area contributed by atoms with Crippen LogP contribution in [-0.4, -0.2) is 22.9 Å². The Kier molecular flexibility index (Phi) is 3.53. The van der Waals surface area contributed by atoms with Crippen molar-refractivity contribution in [3.63, 3.8) is 0 Å². The van der Waals surface area contributed by atoms with Crippen LogP contribution in [0.3, 0.4) is 0 Å². The summed E-state index contributed by atoms with van der Waals surface area (Å²) in [5.41, 5.74) is 0. The third kappa shape index (κ3) is 2.20. The maximum Gasteiger partial charge on any atom is 0.150 e. The summed E-state index contributed by atoms with van der Waals surface area (Å²) in [5, 5.41) is 9.26. The lowest BCUT2D eigenvalue weighted by Gasteiger charge is -2.15. The van der Waals surface area contributed by atoms with E-state index in [4.69, 9.17) is 11.6 Å². The van der Waals surface area contributed by atoms with E-state index in [2.05, 4.69) is 0 Å². The molecule has 0 aliphatic heterocycles. The second-order valence-corrected chi connectivity index (χ2v) is 3.88. The first-order valence-electron chi connectivity index (χ1n) is 4.42. The van der Waals surface area contributed by atoms with Crippen molar-refractivity contribution >= 4 is 17.4 Å². The number of carbonyl (C=O) groups excluding carboxylic acids is 1. The number of halogens is 1. The number of ketones is 1. The fourth-order valence-electron chi connectivity index (χ4n) is 1.83.